The van der Waals surface area contributed by atoms with Crippen LogP contribution in [-0.2, 0) is 6.42 Å². The quantitative estimate of drug-likeness (QED) is 0.375. The number of benzene rings is 2. The minimum Gasteiger partial charge on any atom is -0.355 e. The SMILES string of the molecule is C#CCNC(=O)c1ccccc1Nc1ccc2c(C=Cc3cc(CC)ccn3)n[nH]c2c1. The highest BCUT2D eigenvalue weighted by atomic mass is 16.1. The number of pyridine rings is 1. The molecule has 0 fully saturated rings. The third-order valence-electron chi connectivity index (χ3n) is 5.06. The second-order valence-electron chi connectivity index (χ2n) is 7.20. The van der Waals surface area contributed by atoms with E-state index >= 15 is 0 Å². The van der Waals surface area contributed by atoms with Gasteiger partial charge < -0.3 is 10.6 Å². The van der Waals surface area contributed by atoms with Crippen molar-refractivity contribution in [1.82, 2.24) is 20.5 Å². The van der Waals surface area contributed by atoms with Crippen molar-refractivity contribution < 1.29 is 4.79 Å². The molecular formula is C26H23N5O. The highest BCUT2D eigenvalue weighted by Gasteiger charge is 2.11. The number of aromatic nitrogens is 3. The maximum atomic E-state index is 12.4. The lowest BCUT2D eigenvalue weighted by Crippen LogP contribution is -2.24. The van der Waals surface area contributed by atoms with E-state index in [-0.39, 0.29) is 12.5 Å². The van der Waals surface area contributed by atoms with E-state index < -0.39 is 0 Å². The second kappa shape index (κ2) is 9.63. The van der Waals surface area contributed by atoms with Gasteiger partial charge in [0.15, 0.2) is 0 Å². The zero-order chi connectivity index (χ0) is 22.3. The number of rotatable bonds is 7. The maximum Gasteiger partial charge on any atom is 0.254 e. The van der Waals surface area contributed by atoms with Crippen LogP contribution in [0.5, 0.6) is 0 Å². The second-order valence-corrected chi connectivity index (χ2v) is 7.20. The lowest BCUT2D eigenvalue weighted by atomic mass is 10.1. The fourth-order valence-electron chi connectivity index (χ4n) is 3.39. The molecule has 6 heteroatoms. The van der Waals surface area contributed by atoms with Gasteiger partial charge in [-0.1, -0.05) is 25.0 Å². The van der Waals surface area contributed by atoms with Gasteiger partial charge in [0.2, 0.25) is 0 Å². The van der Waals surface area contributed by atoms with E-state index in [1.54, 1.807) is 6.07 Å². The topological polar surface area (TPSA) is 82.7 Å². The molecule has 0 unspecified atom stereocenters. The molecule has 0 bridgehead atoms. The normalized spacial score (nSPS) is 10.9. The first-order valence-electron chi connectivity index (χ1n) is 10.4. The molecule has 2 aromatic carbocycles. The number of hydrogen-bond acceptors (Lipinski definition) is 4. The molecular weight excluding hydrogens is 398 g/mol. The number of nitrogens with one attached hydrogen (secondary N) is 3. The maximum absolute atomic E-state index is 12.4. The number of carbonyl (C=O) groups is 1. The monoisotopic (exact) mass is 421 g/mol. The van der Waals surface area contributed by atoms with Gasteiger partial charge in [0.25, 0.3) is 5.91 Å². The van der Waals surface area contributed by atoms with E-state index in [4.69, 9.17) is 6.42 Å². The van der Waals surface area contributed by atoms with E-state index in [9.17, 15) is 4.79 Å². The number of aromatic amines is 1. The Labute approximate surface area is 186 Å². The van der Waals surface area contributed by atoms with Gasteiger partial charge in [-0.15, -0.1) is 6.42 Å². The summed E-state index contributed by atoms with van der Waals surface area (Å²) < 4.78 is 0. The molecule has 0 spiro atoms. The number of para-hydroxylation sites is 1. The van der Waals surface area contributed by atoms with Crippen LogP contribution in [0, 0.1) is 12.3 Å². The molecule has 3 N–H and O–H groups in total. The Bertz CT molecular complexity index is 1330. The number of hydrogen-bond donors (Lipinski definition) is 3. The van der Waals surface area contributed by atoms with Crippen molar-refractivity contribution in [1.29, 1.82) is 0 Å². The molecule has 0 saturated heterocycles. The first-order chi connectivity index (χ1) is 15.7. The van der Waals surface area contributed by atoms with Crippen LogP contribution in [0.1, 0.15) is 34.2 Å². The smallest absolute Gasteiger partial charge is 0.254 e. The Hall–Kier alpha value is -4.37. The van der Waals surface area contributed by atoms with Crippen molar-refractivity contribution in [2.75, 3.05) is 11.9 Å². The summed E-state index contributed by atoms with van der Waals surface area (Å²) in [7, 11) is 0. The Kier molecular flexibility index (Phi) is 6.28. The zero-order valence-corrected chi connectivity index (χ0v) is 17.7. The van der Waals surface area contributed by atoms with Crippen LogP contribution in [-0.4, -0.2) is 27.6 Å². The third-order valence-corrected chi connectivity index (χ3v) is 5.06. The average molecular weight is 422 g/mol. The first kappa shape index (κ1) is 20.9. The first-order valence-corrected chi connectivity index (χ1v) is 10.4. The molecule has 0 radical (unpaired) electrons. The number of anilines is 2. The van der Waals surface area contributed by atoms with Crippen LogP contribution in [0.2, 0.25) is 0 Å². The van der Waals surface area contributed by atoms with E-state index in [2.05, 4.69) is 44.7 Å². The Morgan fingerprint density at radius 2 is 2.03 bits per heavy atom. The summed E-state index contributed by atoms with van der Waals surface area (Å²) in [5.74, 6) is 2.19. The minimum absolute atomic E-state index is 0.182. The predicted octanol–water partition coefficient (Wildman–Crippen LogP) is 4.80. The van der Waals surface area contributed by atoms with Crippen molar-refractivity contribution in [3.8, 4) is 12.3 Å². The fraction of sp³-hybridized carbons (Fsp3) is 0.115. The summed E-state index contributed by atoms with van der Waals surface area (Å²) in [5.41, 5.74) is 5.93. The summed E-state index contributed by atoms with van der Waals surface area (Å²) in [6.45, 7) is 2.31. The molecule has 0 aliphatic carbocycles. The molecule has 0 aliphatic heterocycles. The molecule has 6 nitrogen and oxygen atoms in total. The number of carbonyl (C=O) groups excluding carboxylic acids is 1. The predicted molar refractivity (Wildman–Crippen MR) is 130 cm³/mol. The lowest BCUT2D eigenvalue weighted by molar-refractivity contribution is 0.0959. The van der Waals surface area contributed by atoms with Gasteiger partial charge in [-0.05, 0) is 66.6 Å². The lowest BCUT2D eigenvalue weighted by Gasteiger charge is -2.11. The van der Waals surface area contributed by atoms with Crippen LogP contribution < -0.4 is 10.6 Å². The van der Waals surface area contributed by atoms with E-state index in [1.165, 1.54) is 5.56 Å². The zero-order valence-electron chi connectivity index (χ0n) is 17.7. The van der Waals surface area contributed by atoms with Crippen molar-refractivity contribution >= 4 is 40.3 Å². The number of amides is 1. The summed E-state index contributed by atoms with van der Waals surface area (Å²) in [5, 5.41) is 14.5. The minimum atomic E-state index is -0.221. The molecule has 0 atom stereocenters. The van der Waals surface area contributed by atoms with Crippen LogP contribution >= 0.6 is 0 Å². The molecule has 158 valence electrons. The Balaban J connectivity index is 1.56. The molecule has 4 rings (SSSR count). The van der Waals surface area contributed by atoms with Gasteiger partial charge in [0.1, 0.15) is 0 Å². The van der Waals surface area contributed by atoms with Gasteiger partial charge in [0.05, 0.1) is 34.7 Å². The van der Waals surface area contributed by atoms with Crippen molar-refractivity contribution in [2.24, 2.45) is 0 Å². The van der Waals surface area contributed by atoms with Crippen LogP contribution in [0.15, 0.2) is 60.8 Å². The molecule has 4 aromatic rings. The van der Waals surface area contributed by atoms with Crippen molar-refractivity contribution in [2.45, 2.75) is 13.3 Å². The average Bonchev–Trinajstić information content (AvgIpc) is 3.24. The van der Waals surface area contributed by atoms with Crippen molar-refractivity contribution in [3.05, 3.63) is 83.3 Å². The van der Waals surface area contributed by atoms with Crippen LogP contribution in [0.4, 0.5) is 11.4 Å². The van der Waals surface area contributed by atoms with Gasteiger partial charge in [0, 0.05) is 17.3 Å². The standard InChI is InChI=1S/C26H23N5O/c1-3-14-28-26(32)22-7-5-6-8-23(22)29-20-9-11-21-24(30-31-25(21)17-20)12-10-19-16-18(4-2)13-15-27-19/h1,5-13,15-17,29H,4,14H2,2H3,(H,28,32)(H,30,31). The van der Waals surface area contributed by atoms with Gasteiger partial charge >= 0.3 is 0 Å². The summed E-state index contributed by atoms with van der Waals surface area (Å²) in [6.07, 6.45) is 12.0. The number of nitrogens with zero attached hydrogens (tertiary/aromatic N) is 2. The van der Waals surface area contributed by atoms with Crippen LogP contribution in [0.3, 0.4) is 0 Å². The third kappa shape index (κ3) is 4.68. The summed E-state index contributed by atoms with van der Waals surface area (Å²) in [6, 6.07) is 17.3. The molecule has 0 saturated carbocycles. The van der Waals surface area contributed by atoms with Gasteiger partial charge in [-0.2, -0.15) is 5.10 Å². The molecule has 0 aliphatic rings. The number of terminal acetylenes is 1. The number of aryl methyl sites for hydroxylation is 1. The largest absolute Gasteiger partial charge is 0.355 e. The van der Waals surface area contributed by atoms with E-state index in [0.717, 1.165) is 34.4 Å². The number of H-pyrrole nitrogens is 1. The Morgan fingerprint density at radius 1 is 1.16 bits per heavy atom. The van der Waals surface area contributed by atoms with E-state index in [1.807, 2.05) is 60.8 Å². The fourth-order valence-corrected chi connectivity index (χ4v) is 3.39. The molecule has 2 aromatic heterocycles. The highest BCUT2D eigenvalue weighted by Crippen LogP contribution is 2.26. The summed E-state index contributed by atoms with van der Waals surface area (Å²) in [4.78, 5) is 16.8. The van der Waals surface area contributed by atoms with Gasteiger partial charge in [-0.25, -0.2) is 0 Å². The highest BCUT2D eigenvalue weighted by molar-refractivity contribution is 6.00. The van der Waals surface area contributed by atoms with Crippen molar-refractivity contribution in [3.63, 3.8) is 0 Å². The van der Waals surface area contributed by atoms with E-state index in [0.29, 0.717) is 11.3 Å². The number of fused-ring (bicyclic) bond motifs is 1. The van der Waals surface area contributed by atoms with Crippen LogP contribution in [0.25, 0.3) is 23.1 Å². The molecule has 1 amide bonds. The summed E-state index contributed by atoms with van der Waals surface area (Å²) >= 11 is 0. The Morgan fingerprint density at radius 3 is 2.88 bits per heavy atom. The van der Waals surface area contributed by atoms with Gasteiger partial charge in [-0.3, -0.25) is 14.9 Å². The molecule has 32 heavy (non-hydrogen) atoms. The molecule has 2 heterocycles.